The van der Waals surface area contributed by atoms with Gasteiger partial charge in [-0.3, -0.25) is 4.79 Å². The number of rotatable bonds is 7. The van der Waals surface area contributed by atoms with E-state index in [0.29, 0.717) is 0 Å². The largest absolute Gasteiger partial charge is 0.550 e. The number of halogens is 2. The fourth-order valence-electron chi connectivity index (χ4n) is 2.67. The normalized spacial score (nSPS) is 10.8. The molecule has 0 heterocycles. The zero-order valence-electron chi connectivity index (χ0n) is 13.7. The third-order valence-corrected chi connectivity index (χ3v) is 3.75. The van der Waals surface area contributed by atoms with Crippen LogP contribution >= 0.6 is 0 Å². The fourth-order valence-corrected chi connectivity index (χ4v) is 2.67. The molecular weight excluding hydrogens is 350 g/mol. The second-order valence-corrected chi connectivity index (χ2v) is 5.38. The average molecular weight is 365 g/mol. The van der Waals surface area contributed by atoms with Crippen molar-refractivity contribution in [2.45, 2.75) is 26.4 Å². The molecule has 2 aromatic rings. The second-order valence-electron chi connectivity index (χ2n) is 5.38. The number of carboxylic acid groups (broad SMARTS) is 1. The SMILES string of the molecule is CCc1c(O)cc(O)c(C(=O)c2ccc(OC(F)F)cc2)c1CC(=O)[O-]. The van der Waals surface area contributed by atoms with Crippen molar-refractivity contribution < 1.29 is 38.4 Å². The van der Waals surface area contributed by atoms with Crippen LogP contribution in [0.2, 0.25) is 0 Å². The van der Waals surface area contributed by atoms with Gasteiger partial charge in [0.05, 0.1) is 5.56 Å². The van der Waals surface area contributed by atoms with Gasteiger partial charge in [0, 0.05) is 24.0 Å². The van der Waals surface area contributed by atoms with E-state index in [0.717, 1.165) is 18.2 Å². The first-order valence-corrected chi connectivity index (χ1v) is 7.60. The summed E-state index contributed by atoms with van der Waals surface area (Å²) in [5.74, 6) is -3.29. The van der Waals surface area contributed by atoms with Gasteiger partial charge in [-0.05, 0) is 41.8 Å². The Morgan fingerprint density at radius 1 is 1.12 bits per heavy atom. The number of alkyl halides is 2. The lowest BCUT2D eigenvalue weighted by Gasteiger charge is -2.17. The highest BCUT2D eigenvalue weighted by Crippen LogP contribution is 2.35. The number of aromatic hydroxyl groups is 2. The van der Waals surface area contributed by atoms with E-state index in [1.165, 1.54) is 12.1 Å². The number of hydrogen-bond acceptors (Lipinski definition) is 6. The summed E-state index contributed by atoms with van der Waals surface area (Å²) >= 11 is 0. The summed E-state index contributed by atoms with van der Waals surface area (Å²) in [6.07, 6.45) is -0.463. The Hall–Kier alpha value is -3.16. The predicted molar refractivity (Wildman–Crippen MR) is 84.4 cm³/mol. The smallest absolute Gasteiger partial charge is 0.387 e. The van der Waals surface area contributed by atoms with Gasteiger partial charge in [-0.15, -0.1) is 0 Å². The highest BCUT2D eigenvalue weighted by Gasteiger charge is 2.23. The molecule has 26 heavy (non-hydrogen) atoms. The predicted octanol–water partition coefficient (Wildman–Crippen LogP) is 1.78. The summed E-state index contributed by atoms with van der Waals surface area (Å²) in [6.45, 7) is -1.37. The quantitative estimate of drug-likeness (QED) is 0.725. The zero-order chi connectivity index (χ0) is 19.4. The molecule has 8 heteroatoms. The molecule has 0 radical (unpaired) electrons. The lowest BCUT2D eigenvalue weighted by atomic mass is 9.90. The molecule has 138 valence electrons. The number of ether oxygens (including phenoxy) is 1. The minimum atomic E-state index is -3.01. The highest BCUT2D eigenvalue weighted by molar-refractivity contribution is 6.12. The lowest BCUT2D eigenvalue weighted by molar-refractivity contribution is -0.304. The molecule has 2 aromatic carbocycles. The fraction of sp³-hybridized carbons (Fsp3) is 0.222. The van der Waals surface area contributed by atoms with E-state index in [1.807, 2.05) is 0 Å². The van der Waals surface area contributed by atoms with Crippen LogP contribution in [0.1, 0.15) is 34.0 Å². The molecule has 0 unspecified atom stereocenters. The second kappa shape index (κ2) is 7.81. The van der Waals surface area contributed by atoms with Gasteiger partial charge in [0.2, 0.25) is 0 Å². The summed E-state index contributed by atoms with van der Waals surface area (Å²) in [7, 11) is 0. The molecule has 0 aliphatic carbocycles. The van der Waals surface area contributed by atoms with Crippen LogP contribution in [0, 0.1) is 0 Å². The maximum atomic E-state index is 12.7. The summed E-state index contributed by atoms with van der Waals surface area (Å²) < 4.78 is 28.6. The summed E-state index contributed by atoms with van der Waals surface area (Å²) in [5.41, 5.74) is -0.114. The van der Waals surface area contributed by atoms with E-state index >= 15 is 0 Å². The Kier molecular flexibility index (Phi) is 5.76. The molecule has 0 amide bonds. The number of carbonyl (C=O) groups excluding carboxylic acids is 2. The number of phenols is 2. The zero-order valence-corrected chi connectivity index (χ0v) is 13.7. The van der Waals surface area contributed by atoms with Crippen LogP contribution in [0.5, 0.6) is 17.2 Å². The first-order chi connectivity index (χ1) is 12.2. The molecule has 0 aromatic heterocycles. The minimum Gasteiger partial charge on any atom is -0.550 e. The van der Waals surface area contributed by atoms with Crippen molar-refractivity contribution in [3.8, 4) is 17.2 Å². The van der Waals surface area contributed by atoms with Crippen LogP contribution in [0.25, 0.3) is 0 Å². The molecule has 0 aliphatic rings. The molecule has 0 saturated heterocycles. The van der Waals surface area contributed by atoms with Crippen LogP contribution in [0.4, 0.5) is 8.78 Å². The van der Waals surface area contributed by atoms with Crippen molar-refractivity contribution in [3.05, 3.63) is 52.6 Å². The molecule has 2 N–H and O–H groups in total. The Morgan fingerprint density at radius 3 is 2.23 bits per heavy atom. The lowest BCUT2D eigenvalue weighted by Crippen LogP contribution is -2.26. The van der Waals surface area contributed by atoms with Crippen molar-refractivity contribution in [1.82, 2.24) is 0 Å². The van der Waals surface area contributed by atoms with Crippen LogP contribution in [-0.2, 0) is 17.6 Å². The monoisotopic (exact) mass is 365 g/mol. The van der Waals surface area contributed by atoms with E-state index < -0.39 is 30.5 Å². The number of ketones is 1. The Morgan fingerprint density at radius 2 is 1.73 bits per heavy atom. The minimum absolute atomic E-state index is 0.0225. The number of hydrogen-bond donors (Lipinski definition) is 2. The molecule has 0 bridgehead atoms. The van der Waals surface area contributed by atoms with Crippen molar-refractivity contribution in [3.63, 3.8) is 0 Å². The first-order valence-electron chi connectivity index (χ1n) is 7.60. The Bertz CT molecular complexity index is 831. The maximum Gasteiger partial charge on any atom is 0.387 e. The number of carbonyl (C=O) groups is 2. The number of phenolic OH excluding ortho intramolecular Hbond substituents is 2. The van der Waals surface area contributed by atoms with Gasteiger partial charge in [0.1, 0.15) is 17.2 Å². The van der Waals surface area contributed by atoms with E-state index in [-0.39, 0.29) is 40.2 Å². The molecule has 0 spiro atoms. The Balaban J connectivity index is 2.52. The third-order valence-electron chi connectivity index (χ3n) is 3.75. The van der Waals surface area contributed by atoms with Crippen LogP contribution in [-0.4, -0.2) is 28.6 Å². The topological polar surface area (TPSA) is 107 Å². The van der Waals surface area contributed by atoms with E-state index in [2.05, 4.69) is 4.74 Å². The molecule has 6 nitrogen and oxygen atoms in total. The van der Waals surface area contributed by atoms with E-state index in [9.17, 15) is 33.7 Å². The van der Waals surface area contributed by atoms with Gasteiger partial charge in [0.25, 0.3) is 0 Å². The molecule has 0 saturated carbocycles. The van der Waals surface area contributed by atoms with Gasteiger partial charge < -0.3 is 24.9 Å². The molecule has 0 aliphatic heterocycles. The van der Waals surface area contributed by atoms with E-state index in [4.69, 9.17) is 0 Å². The molecular formula is C18H15F2O6-. The van der Waals surface area contributed by atoms with E-state index in [1.54, 1.807) is 6.92 Å². The van der Waals surface area contributed by atoms with Gasteiger partial charge in [-0.1, -0.05) is 6.92 Å². The number of aliphatic carboxylic acids is 1. The molecule has 0 atom stereocenters. The summed E-state index contributed by atoms with van der Waals surface area (Å²) in [4.78, 5) is 23.8. The molecule has 0 fully saturated rings. The third kappa shape index (κ3) is 4.08. The van der Waals surface area contributed by atoms with Crippen LogP contribution in [0.3, 0.4) is 0 Å². The number of carboxylic acids is 1. The summed E-state index contributed by atoms with van der Waals surface area (Å²) in [6, 6.07) is 5.67. The standard InChI is InChI=1S/C18H16F2O6/c1-2-11-12(7-15(23)24)16(14(22)8-13(11)21)17(25)9-3-5-10(6-4-9)26-18(19)20/h3-6,8,18,21-22H,2,7H2,1H3,(H,23,24)/p-1. The van der Waals surface area contributed by atoms with Gasteiger partial charge >= 0.3 is 6.61 Å². The maximum absolute atomic E-state index is 12.7. The Labute approximate surface area is 147 Å². The van der Waals surface area contributed by atoms with Crippen molar-refractivity contribution in [2.24, 2.45) is 0 Å². The van der Waals surface area contributed by atoms with Crippen LogP contribution in [0.15, 0.2) is 30.3 Å². The first kappa shape index (κ1) is 19.2. The van der Waals surface area contributed by atoms with Crippen molar-refractivity contribution >= 4 is 11.8 Å². The van der Waals surface area contributed by atoms with Gasteiger partial charge in [-0.2, -0.15) is 8.78 Å². The number of benzene rings is 2. The van der Waals surface area contributed by atoms with Crippen molar-refractivity contribution in [1.29, 1.82) is 0 Å². The highest BCUT2D eigenvalue weighted by atomic mass is 19.3. The summed E-state index contributed by atoms with van der Waals surface area (Å²) in [5, 5.41) is 31.0. The van der Waals surface area contributed by atoms with Crippen LogP contribution < -0.4 is 9.84 Å². The van der Waals surface area contributed by atoms with Gasteiger partial charge in [-0.25, -0.2) is 0 Å². The average Bonchev–Trinajstić information content (AvgIpc) is 2.54. The van der Waals surface area contributed by atoms with Gasteiger partial charge in [0.15, 0.2) is 5.78 Å². The van der Waals surface area contributed by atoms with Crippen molar-refractivity contribution in [2.75, 3.05) is 0 Å². The molecule has 2 rings (SSSR count).